The molecule has 0 saturated heterocycles. The van der Waals surface area contributed by atoms with Crippen molar-refractivity contribution in [2.75, 3.05) is 0 Å². The van der Waals surface area contributed by atoms with Gasteiger partial charge in [0.1, 0.15) is 5.65 Å². The zero-order valence-electron chi connectivity index (χ0n) is 15.4. The van der Waals surface area contributed by atoms with Gasteiger partial charge in [-0.3, -0.25) is 9.20 Å². The summed E-state index contributed by atoms with van der Waals surface area (Å²) in [5.74, 6) is -0.194. The van der Waals surface area contributed by atoms with Crippen LogP contribution in [-0.2, 0) is 22.7 Å². The average Bonchev–Trinajstić information content (AvgIpc) is 2.98. The molecule has 0 aliphatic carbocycles. The quantitative estimate of drug-likeness (QED) is 0.621. The number of benzene rings is 1. The van der Waals surface area contributed by atoms with E-state index in [-0.39, 0.29) is 12.0 Å². The Morgan fingerprint density at radius 3 is 2.89 bits per heavy atom. The molecule has 0 atom stereocenters. The molecule has 0 fully saturated rings. The Kier molecular flexibility index (Phi) is 6.27. The SMILES string of the molecule is CC(C)OCc1cccc(CNC(=O)C=Cc2c(Cl)nc3ccccn23)c1. The van der Waals surface area contributed by atoms with E-state index >= 15 is 0 Å². The summed E-state index contributed by atoms with van der Waals surface area (Å²) in [4.78, 5) is 16.4. The third-order valence-corrected chi connectivity index (χ3v) is 4.23. The normalized spacial score (nSPS) is 11.6. The largest absolute Gasteiger partial charge is 0.374 e. The number of halogens is 1. The maximum Gasteiger partial charge on any atom is 0.244 e. The van der Waals surface area contributed by atoms with Crippen LogP contribution in [-0.4, -0.2) is 21.4 Å². The Hall–Kier alpha value is -2.63. The molecule has 140 valence electrons. The number of hydrogen-bond acceptors (Lipinski definition) is 3. The average molecular weight is 384 g/mol. The molecule has 3 aromatic rings. The van der Waals surface area contributed by atoms with Crippen molar-refractivity contribution in [3.63, 3.8) is 0 Å². The molecule has 3 rings (SSSR count). The lowest BCUT2D eigenvalue weighted by molar-refractivity contribution is -0.116. The van der Waals surface area contributed by atoms with Gasteiger partial charge in [-0.1, -0.05) is 41.9 Å². The molecule has 2 aromatic heterocycles. The van der Waals surface area contributed by atoms with Gasteiger partial charge in [0.05, 0.1) is 18.4 Å². The lowest BCUT2D eigenvalue weighted by Gasteiger charge is -2.09. The Bertz CT molecular complexity index is 963. The number of ether oxygens (including phenoxy) is 1. The molecule has 2 heterocycles. The Labute approximate surface area is 163 Å². The summed E-state index contributed by atoms with van der Waals surface area (Å²) in [6.07, 6.45) is 5.18. The third kappa shape index (κ3) is 5.18. The van der Waals surface area contributed by atoms with Crippen molar-refractivity contribution in [3.05, 3.63) is 76.7 Å². The molecule has 0 saturated carbocycles. The first kappa shape index (κ1) is 19.1. The van der Waals surface area contributed by atoms with Gasteiger partial charge in [0.25, 0.3) is 0 Å². The van der Waals surface area contributed by atoms with Gasteiger partial charge in [-0.15, -0.1) is 0 Å². The summed E-state index contributed by atoms with van der Waals surface area (Å²) < 4.78 is 7.45. The predicted octanol–water partition coefficient (Wildman–Crippen LogP) is 4.24. The van der Waals surface area contributed by atoms with Crippen molar-refractivity contribution >= 4 is 29.2 Å². The van der Waals surface area contributed by atoms with Crippen molar-refractivity contribution in [1.82, 2.24) is 14.7 Å². The minimum Gasteiger partial charge on any atom is -0.374 e. The summed E-state index contributed by atoms with van der Waals surface area (Å²) >= 11 is 6.17. The third-order valence-electron chi connectivity index (χ3n) is 3.96. The predicted molar refractivity (Wildman–Crippen MR) is 107 cm³/mol. The first-order valence-corrected chi connectivity index (χ1v) is 9.18. The van der Waals surface area contributed by atoms with Crippen molar-refractivity contribution in [2.45, 2.75) is 33.1 Å². The molecular weight excluding hydrogens is 362 g/mol. The smallest absolute Gasteiger partial charge is 0.244 e. The first-order valence-electron chi connectivity index (χ1n) is 8.81. The van der Waals surface area contributed by atoms with E-state index < -0.39 is 0 Å². The van der Waals surface area contributed by atoms with Gasteiger partial charge in [0.2, 0.25) is 5.91 Å². The molecule has 0 bridgehead atoms. The van der Waals surface area contributed by atoms with Crippen LogP contribution in [0.4, 0.5) is 0 Å². The van der Waals surface area contributed by atoms with Crippen molar-refractivity contribution in [3.8, 4) is 0 Å². The summed E-state index contributed by atoms with van der Waals surface area (Å²) in [6, 6.07) is 13.6. The summed E-state index contributed by atoms with van der Waals surface area (Å²) in [5, 5.41) is 3.25. The van der Waals surface area contributed by atoms with Crippen LogP contribution in [0.3, 0.4) is 0 Å². The maximum absolute atomic E-state index is 12.2. The van der Waals surface area contributed by atoms with Gasteiger partial charge in [-0.05, 0) is 43.2 Å². The van der Waals surface area contributed by atoms with Gasteiger partial charge in [-0.25, -0.2) is 4.98 Å². The van der Waals surface area contributed by atoms with E-state index in [2.05, 4.69) is 10.3 Å². The highest BCUT2D eigenvalue weighted by Crippen LogP contribution is 2.18. The van der Waals surface area contributed by atoms with Crippen LogP contribution < -0.4 is 5.32 Å². The van der Waals surface area contributed by atoms with Gasteiger partial charge in [0, 0.05) is 18.8 Å². The van der Waals surface area contributed by atoms with Gasteiger partial charge in [-0.2, -0.15) is 0 Å². The van der Waals surface area contributed by atoms with E-state index in [1.54, 1.807) is 6.08 Å². The van der Waals surface area contributed by atoms with E-state index in [1.165, 1.54) is 6.08 Å². The van der Waals surface area contributed by atoms with Crippen molar-refractivity contribution < 1.29 is 9.53 Å². The Morgan fingerprint density at radius 2 is 2.07 bits per heavy atom. The van der Waals surface area contributed by atoms with E-state index in [9.17, 15) is 4.79 Å². The molecule has 1 aromatic carbocycles. The molecule has 0 unspecified atom stereocenters. The van der Waals surface area contributed by atoms with Crippen LogP contribution >= 0.6 is 11.6 Å². The molecule has 1 N–H and O–H groups in total. The molecule has 27 heavy (non-hydrogen) atoms. The summed E-state index contributed by atoms with van der Waals surface area (Å²) in [5.41, 5.74) is 3.52. The highest BCUT2D eigenvalue weighted by atomic mass is 35.5. The number of nitrogens with one attached hydrogen (secondary N) is 1. The number of carbonyl (C=O) groups is 1. The number of fused-ring (bicyclic) bond motifs is 1. The van der Waals surface area contributed by atoms with Gasteiger partial charge in [0.15, 0.2) is 5.15 Å². The molecule has 0 radical (unpaired) electrons. The zero-order chi connectivity index (χ0) is 19.2. The minimum absolute atomic E-state index is 0.185. The number of rotatable bonds is 7. The Balaban J connectivity index is 1.60. The van der Waals surface area contributed by atoms with Crippen LogP contribution in [0, 0.1) is 0 Å². The zero-order valence-corrected chi connectivity index (χ0v) is 16.1. The molecule has 1 amide bonds. The molecule has 5 nitrogen and oxygen atoms in total. The molecule has 6 heteroatoms. The second kappa shape index (κ2) is 8.84. The topological polar surface area (TPSA) is 55.6 Å². The maximum atomic E-state index is 12.2. The van der Waals surface area contributed by atoms with E-state index in [1.807, 2.05) is 66.9 Å². The number of nitrogens with zero attached hydrogens (tertiary/aromatic N) is 2. The van der Waals surface area contributed by atoms with E-state index in [4.69, 9.17) is 16.3 Å². The number of imidazole rings is 1. The minimum atomic E-state index is -0.194. The first-order chi connectivity index (χ1) is 13.0. The highest BCUT2D eigenvalue weighted by Gasteiger charge is 2.07. The van der Waals surface area contributed by atoms with Crippen LogP contribution in [0.15, 0.2) is 54.7 Å². The van der Waals surface area contributed by atoms with Gasteiger partial charge >= 0.3 is 0 Å². The Morgan fingerprint density at radius 1 is 1.26 bits per heavy atom. The lowest BCUT2D eigenvalue weighted by atomic mass is 10.1. The number of amides is 1. The standard InChI is InChI=1S/C21H22ClN3O2/c1-15(2)27-14-17-7-5-6-16(12-17)13-23-20(26)10-9-18-21(22)24-19-8-3-4-11-25(18)19/h3-12,15H,13-14H2,1-2H3,(H,23,26). The molecule has 0 spiro atoms. The fourth-order valence-corrected chi connectivity index (χ4v) is 2.87. The number of pyridine rings is 1. The summed E-state index contributed by atoms with van der Waals surface area (Å²) in [6.45, 7) is 5.02. The fourth-order valence-electron chi connectivity index (χ4n) is 2.63. The molecular formula is C21H22ClN3O2. The highest BCUT2D eigenvalue weighted by molar-refractivity contribution is 6.31. The van der Waals surface area contributed by atoms with Crippen LogP contribution in [0.5, 0.6) is 0 Å². The van der Waals surface area contributed by atoms with E-state index in [0.29, 0.717) is 24.0 Å². The number of aromatic nitrogens is 2. The number of carbonyl (C=O) groups excluding carboxylic acids is 1. The van der Waals surface area contributed by atoms with E-state index in [0.717, 1.165) is 16.8 Å². The van der Waals surface area contributed by atoms with Crippen LogP contribution in [0.2, 0.25) is 5.15 Å². The number of hydrogen-bond donors (Lipinski definition) is 1. The van der Waals surface area contributed by atoms with Crippen LogP contribution in [0.1, 0.15) is 30.7 Å². The fraction of sp³-hybridized carbons (Fsp3) is 0.238. The second-order valence-electron chi connectivity index (χ2n) is 6.45. The molecule has 0 aliphatic rings. The monoisotopic (exact) mass is 383 g/mol. The second-order valence-corrected chi connectivity index (χ2v) is 6.81. The summed E-state index contributed by atoms with van der Waals surface area (Å²) in [7, 11) is 0. The lowest BCUT2D eigenvalue weighted by Crippen LogP contribution is -2.20. The molecule has 0 aliphatic heterocycles. The van der Waals surface area contributed by atoms with Crippen LogP contribution in [0.25, 0.3) is 11.7 Å². The van der Waals surface area contributed by atoms with Gasteiger partial charge < -0.3 is 10.1 Å². The van der Waals surface area contributed by atoms with Crippen molar-refractivity contribution in [2.24, 2.45) is 0 Å². The van der Waals surface area contributed by atoms with Crippen molar-refractivity contribution in [1.29, 1.82) is 0 Å².